The Kier molecular flexibility index (Phi) is 8.18. The molecule has 3 atom stereocenters. The Bertz CT molecular complexity index is 728. The van der Waals surface area contributed by atoms with Gasteiger partial charge in [0.15, 0.2) is 0 Å². The first-order valence-electron chi connectivity index (χ1n) is 12.8. The Hall–Kier alpha value is -1.68. The highest BCUT2D eigenvalue weighted by atomic mass is 16.2. The van der Waals surface area contributed by atoms with Crippen molar-refractivity contribution in [2.24, 2.45) is 17.8 Å². The van der Waals surface area contributed by atoms with Crippen molar-refractivity contribution in [1.82, 2.24) is 10.2 Å². The maximum atomic E-state index is 13.4. The lowest BCUT2D eigenvalue weighted by Gasteiger charge is -2.43. The molecule has 2 unspecified atom stereocenters. The van der Waals surface area contributed by atoms with Crippen LogP contribution in [0.25, 0.3) is 0 Å². The van der Waals surface area contributed by atoms with Gasteiger partial charge in [0.05, 0.1) is 12.6 Å². The van der Waals surface area contributed by atoms with Crippen LogP contribution in [-0.2, 0) is 16.0 Å². The molecule has 0 bridgehead atoms. The minimum absolute atomic E-state index is 0.153. The third-order valence-corrected chi connectivity index (χ3v) is 8.07. The Balaban J connectivity index is 1.40. The molecule has 1 aromatic carbocycles. The molecule has 4 rings (SSSR count). The maximum Gasteiger partial charge on any atom is 0.237 e. The Morgan fingerprint density at radius 2 is 1.68 bits per heavy atom. The van der Waals surface area contributed by atoms with Crippen LogP contribution in [0.4, 0.5) is 0 Å². The van der Waals surface area contributed by atoms with E-state index in [-0.39, 0.29) is 17.9 Å². The Labute approximate surface area is 188 Å². The number of nitrogens with one attached hydrogen (secondary N) is 1. The molecule has 0 saturated heterocycles. The predicted molar refractivity (Wildman–Crippen MR) is 125 cm³/mol. The molecular formula is C27H40N2O2. The molecule has 0 radical (unpaired) electrons. The molecule has 170 valence electrons. The van der Waals surface area contributed by atoms with Crippen LogP contribution < -0.4 is 5.32 Å². The van der Waals surface area contributed by atoms with Gasteiger partial charge < -0.3 is 15.0 Å². The molecule has 2 fully saturated rings. The molecule has 1 aliphatic heterocycles. The van der Waals surface area contributed by atoms with E-state index >= 15 is 0 Å². The molecule has 2 aliphatic carbocycles. The van der Waals surface area contributed by atoms with E-state index < -0.39 is 0 Å². The zero-order chi connectivity index (χ0) is 21.5. The molecule has 4 heteroatoms. The van der Waals surface area contributed by atoms with Crippen LogP contribution in [0, 0.1) is 17.8 Å². The summed E-state index contributed by atoms with van der Waals surface area (Å²) < 4.78 is 0. The SMILES string of the molecule is O=CC1CCCCCC[C@@H]1CNCC(=O)N1CCc2ccccc2C1C1CCCCC1. The van der Waals surface area contributed by atoms with Crippen molar-refractivity contribution in [1.29, 1.82) is 0 Å². The fourth-order valence-corrected chi connectivity index (χ4v) is 6.32. The highest BCUT2D eigenvalue weighted by molar-refractivity contribution is 5.79. The molecule has 0 spiro atoms. The standard InChI is InChI=1S/C27H40N2O2/c30-20-24-14-5-2-1-4-13-23(24)18-28-19-26(31)29-17-16-21-10-8-9-15-25(21)27(29)22-11-6-3-7-12-22/h8-10,15,20,22-24,27-28H,1-7,11-14,16-19H2/t23-,24?,27?/m1/s1. The number of rotatable bonds is 6. The van der Waals surface area contributed by atoms with Gasteiger partial charge in [-0.3, -0.25) is 4.79 Å². The van der Waals surface area contributed by atoms with Crippen LogP contribution in [0.2, 0.25) is 0 Å². The second-order valence-electron chi connectivity index (χ2n) is 10.1. The van der Waals surface area contributed by atoms with Gasteiger partial charge in [0.25, 0.3) is 0 Å². The van der Waals surface area contributed by atoms with Crippen molar-refractivity contribution in [2.45, 2.75) is 83.1 Å². The fraction of sp³-hybridized carbons (Fsp3) is 0.704. The first kappa shape index (κ1) is 22.5. The monoisotopic (exact) mass is 424 g/mol. The van der Waals surface area contributed by atoms with E-state index in [0.29, 0.717) is 18.4 Å². The van der Waals surface area contributed by atoms with Gasteiger partial charge in [0.1, 0.15) is 6.29 Å². The lowest BCUT2D eigenvalue weighted by atomic mass is 9.77. The molecule has 2 saturated carbocycles. The Morgan fingerprint density at radius 3 is 2.48 bits per heavy atom. The summed E-state index contributed by atoms with van der Waals surface area (Å²) in [4.78, 5) is 27.2. The quantitative estimate of drug-likeness (QED) is 0.649. The van der Waals surface area contributed by atoms with E-state index in [4.69, 9.17) is 0 Å². The normalized spacial score (nSPS) is 27.7. The number of hydrogen-bond donors (Lipinski definition) is 1. The number of nitrogens with zero attached hydrogens (tertiary/aromatic N) is 1. The van der Waals surface area contributed by atoms with Gasteiger partial charge in [0.2, 0.25) is 5.91 Å². The lowest BCUT2D eigenvalue weighted by Crippen LogP contribution is -2.47. The van der Waals surface area contributed by atoms with Crippen molar-refractivity contribution in [3.63, 3.8) is 0 Å². The molecular weight excluding hydrogens is 384 g/mol. The minimum Gasteiger partial charge on any atom is -0.334 e. The number of fused-ring (bicyclic) bond motifs is 1. The largest absolute Gasteiger partial charge is 0.334 e. The number of benzene rings is 1. The zero-order valence-corrected chi connectivity index (χ0v) is 19.1. The average Bonchev–Trinajstić information content (AvgIpc) is 2.80. The van der Waals surface area contributed by atoms with Gasteiger partial charge in [-0.1, -0.05) is 69.2 Å². The molecule has 1 N–H and O–H groups in total. The maximum absolute atomic E-state index is 13.4. The van der Waals surface area contributed by atoms with Gasteiger partial charge >= 0.3 is 0 Å². The molecule has 1 heterocycles. The van der Waals surface area contributed by atoms with E-state index in [2.05, 4.69) is 34.5 Å². The molecule has 31 heavy (non-hydrogen) atoms. The van der Waals surface area contributed by atoms with Crippen LogP contribution in [0.1, 0.15) is 87.8 Å². The summed E-state index contributed by atoms with van der Waals surface area (Å²) >= 11 is 0. The number of amides is 1. The molecule has 1 amide bonds. The van der Waals surface area contributed by atoms with Gasteiger partial charge in [-0.25, -0.2) is 0 Å². The summed E-state index contributed by atoms with van der Waals surface area (Å²) in [6, 6.07) is 9.01. The molecule has 0 aromatic heterocycles. The minimum atomic E-state index is 0.153. The second kappa shape index (κ2) is 11.3. The smallest absolute Gasteiger partial charge is 0.237 e. The van der Waals surface area contributed by atoms with Crippen molar-refractivity contribution < 1.29 is 9.59 Å². The molecule has 1 aromatic rings. The van der Waals surface area contributed by atoms with Crippen molar-refractivity contribution in [3.05, 3.63) is 35.4 Å². The fourth-order valence-electron chi connectivity index (χ4n) is 6.32. The van der Waals surface area contributed by atoms with Crippen LogP contribution in [0.5, 0.6) is 0 Å². The van der Waals surface area contributed by atoms with Crippen molar-refractivity contribution in [3.8, 4) is 0 Å². The third kappa shape index (κ3) is 5.58. The zero-order valence-electron chi connectivity index (χ0n) is 19.1. The van der Waals surface area contributed by atoms with Crippen LogP contribution >= 0.6 is 0 Å². The molecule has 3 aliphatic rings. The summed E-state index contributed by atoms with van der Waals surface area (Å²) in [5, 5.41) is 3.46. The van der Waals surface area contributed by atoms with Crippen molar-refractivity contribution >= 4 is 12.2 Å². The lowest BCUT2D eigenvalue weighted by molar-refractivity contribution is -0.134. The van der Waals surface area contributed by atoms with E-state index in [9.17, 15) is 9.59 Å². The van der Waals surface area contributed by atoms with E-state index in [1.54, 1.807) is 0 Å². The third-order valence-electron chi connectivity index (χ3n) is 8.07. The molecule has 4 nitrogen and oxygen atoms in total. The topological polar surface area (TPSA) is 49.4 Å². The van der Waals surface area contributed by atoms with Crippen LogP contribution in [0.3, 0.4) is 0 Å². The number of carbonyl (C=O) groups is 2. The summed E-state index contributed by atoms with van der Waals surface area (Å²) in [6.07, 6.45) is 15.5. The van der Waals surface area contributed by atoms with Gasteiger partial charge in [0, 0.05) is 12.5 Å². The second-order valence-corrected chi connectivity index (χ2v) is 10.1. The summed E-state index contributed by atoms with van der Waals surface area (Å²) in [7, 11) is 0. The number of carbonyl (C=O) groups excluding carboxylic acids is 2. The van der Waals surface area contributed by atoms with E-state index in [0.717, 1.165) is 38.8 Å². The number of hydrogen-bond acceptors (Lipinski definition) is 3. The first-order valence-corrected chi connectivity index (χ1v) is 12.8. The van der Waals surface area contributed by atoms with E-state index in [1.165, 1.54) is 68.8 Å². The highest BCUT2D eigenvalue weighted by Crippen LogP contribution is 2.42. The van der Waals surface area contributed by atoms with Gasteiger partial charge in [-0.2, -0.15) is 0 Å². The summed E-state index contributed by atoms with van der Waals surface area (Å²) in [6.45, 7) is 2.01. The summed E-state index contributed by atoms with van der Waals surface area (Å²) in [5.41, 5.74) is 2.81. The Morgan fingerprint density at radius 1 is 0.968 bits per heavy atom. The summed E-state index contributed by atoms with van der Waals surface area (Å²) in [5.74, 6) is 1.35. The number of aldehydes is 1. The van der Waals surface area contributed by atoms with Crippen molar-refractivity contribution in [2.75, 3.05) is 19.6 Å². The average molecular weight is 425 g/mol. The van der Waals surface area contributed by atoms with Gasteiger partial charge in [-0.15, -0.1) is 0 Å². The predicted octanol–water partition coefficient (Wildman–Crippen LogP) is 5.07. The van der Waals surface area contributed by atoms with Crippen LogP contribution in [0.15, 0.2) is 24.3 Å². The highest BCUT2D eigenvalue weighted by Gasteiger charge is 2.36. The van der Waals surface area contributed by atoms with E-state index in [1.807, 2.05) is 0 Å². The van der Waals surface area contributed by atoms with Gasteiger partial charge in [-0.05, 0) is 61.6 Å². The van der Waals surface area contributed by atoms with Crippen LogP contribution in [-0.4, -0.2) is 36.7 Å². The first-order chi connectivity index (χ1) is 15.3.